The number of hydrogen-bond acceptors (Lipinski definition) is 7. The summed E-state index contributed by atoms with van der Waals surface area (Å²) in [7, 11) is 1.36. The smallest absolute Gasteiger partial charge is 0.305 e. The second kappa shape index (κ2) is 12.4. The van der Waals surface area contributed by atoms with Crippen LogP contribution in [0.2, 0.25) is 0 Å². The Morgan fingerprint density at radius 2 is 2.09 bits per heavy atom. The summed E-state index contributed by atoms with van der Waals surface area (Å²) in [4.78, 5) is 11.1. The summed E-state index contributed by atoms with van der Waals surface area (Å²) >= 11 is 0. The normalized spacial score (nSPS) is 24.3. The third-order valence-corrected chi connectivity index (χ3v) is 5.46. The van der Waals surface area contributed by atoms with Crippen LogP contribution in [-0.4, -0.2) is 52.5 Å². The first-order valence-corrected chi connectivity index (χ1v) is 10.7. The number of methoxy groups -OCH3 is 1. The highest BCUT2D eigenvalue weighted by Gasteiger charge is 2.38. The van der Waals surface area contributed by atoms with Crippen molar-refractivity contribution < 1.29 is 34.1 Å². The Hall–Kier alpha value is -2.71. The van der Waals surface area contributed by atoms with Crippen molar-refractivity contribution in [3.05, 3.63) is 54.4 Å². The number of ether oxygens (including phenoxy) is 2. The number of carbonyl (C=O) groups excluding carboxylic acids is 1. The van der Waals surface area contributed by atoms with Gasteiger partial charge >= 0.3 is 5.97 Å². The highest BCUT2D eigenvalue weighted by atomic mass is 19.1. The molecular weight excluding hydrogens is 417 g/mol. The molecule has 1 aliphatic rings. The van der Waals surface area contributed by atoms with Gasteiger partial charge in [0.25, 0.3) is 0 Å². The Morgan fingerprint density at radius 3 is 2.78 bits per heavy atom. The predicted octanol–water partition coefficient (Wildman–Crippen LogP) is 3.63. The topological polar surface area (TPSA) is 109 Å². The Morgan fingerprint density at radius 1 is 1.34 bits per heavy atom. The van der Waals surface area contributed by atoms with E-state index in [1.54, 1.807) is 18.2 Å². The molecule has 0 spiro atoms. The van der Waals surface area contributed by atoms with E-state index >= 15 is 0 Å². The van der Waals surface area contributed by atoms with Crippen LogP contribution in [0, 0.1) is 17.7 Å². The number of hydrogen-bond donors (Lipinski definition) is 3. The fourth-order valence-corrected chi connectivity index (χ4v) is 3.64. The fourth-order valence-electron chi connectivity index (χ4n) is 3.64. The molecule has 0 amide bonds. The number of para-hydroxylation sites is 1. The first-order valence-electron chi connectivity index (χ1n) is 10.7. The molecule has 1 fully saturated rings. The number of allylic oxidation sites excluding steroid dienone is 3. The summed E-state index contributed by atoms with van der Waals surface area (Å²) in [6.07, 6.45) is 8.94. The Kier molecular flexibility index (Phi) is 9.87. The molecule has 4 atom stereocenters. The van der Waals surface area contributed by atoms with Crippen molar-refractivity contribution in [1.29, 1.82) is 0 Å². The summed E-state index contributed by atoms with van der Waals surface area (Å²) in [5, 5.41) is 33.7. The van der Waals surface area contributed by atoms with E-state index in [0.717, 1.165) is 0 Å². The Labute approximate surface area is 187 Å². The van der Waals surface area contributed by atoms with Crippen LogP contribution in [0.15, 0.2) is 53.7 Å². The summed E-state index contributed by atoms with van der Waals surface area (Å²) in [6, 6.07) is 5.94. The number of oxime groups is 1. The van der Waals surface area contributed by atoms with Gasteiger partial charge in [0, 0.05) is 24.7 Å². The largest absolute Gasteiger partial charge is 0.487 e. The van der Waals surface area contributed by atoms with Crippen LogP contribution in [0.4, 0.5) is 4.39 Å². The zero-order valence-electron chi connectivity index (χ0n) is 18.5. The minimum atomic E-state index is -1.40. The Bertz CT molecular complexity index is 836. The van der Waals surface area contributed by atoms with Crippen molar-refractivity contribution >= 4 is 11.7 Å². The average Bonchev–Trinajstić information content (AvgIpc) is 3.08. The zero-order valence-corrected chi connectivity index (χ0v) is 18.5. The van der Waals surface area contributed by atoms with Crippen LogP contribution >= 0.6 is 0 Å². The van der Waals surface area contributed by atoms with E-state index in [0.29, 0.717) is 31.4 Å². The number of benzene rings is 1. The average molecular weight is 450 g/mol. The third-order valence-electron chi connectivity index (χ3n) is 5.46. The van der Waals surface area contributed by atoms with Crippen molar-refractivity contribution in [2.24, 2.45) is 17.0 Å². The minimum absolute atomic E-state index is 0.0466. The van der Waals surface area contributed by atoms with E-state index in [4.69, 9.17) is 4.74 Å². The number of aliphatic hydroxyl groups is 2. The van der Waals surface area contributed by atoms with E-state index in [1.165, 1.54) is 32.2 Å². The van der Waals surface area contributed by atoms with Gasteiger partial charge in [0.2, 0.25) is 0 Å². The summed E-state index contributed by atoms with van der Waals surface area (Å²) in [5.74, 6) is -1.30. The van der Waals surface area contributed by atoms with Crippen LogP contribution in [0.3, 0.4) is 0 Å². The molecule has 7 nitrogen and oxygen atoms in total. The van der Waals surface area contributed by atoms with E-state index in [-0.39, 0.29) is 36.6 Å². The van der Waals surface area contributed by atoms with Gasteiger partial charge in [-0.1, -0.05) is 41.6 Å². The molecule has 0 saturated heterocycles. The third kappa shape index (κ3) is 7.76. The molecule has 1 saturated carbocycles. The number of aliphatic hydroxyl groups excluding tert-OH is 1. The molecule has 2 rings (SSSR count). The molecule has 1 aromatic rings. The molecule has 0 radical (unpaired) electrons. The molecule has 0 aliphatic heterocycles. The van der Waals surface area contributed by atoms with Gasteiger partial charge in [-0.3, -0.25) is 4.79 Å². The molecule has 3 N–H and O–H groups in total. The van der Waals surface area contributed by atoms with Gasteiger partial charge in [-0.25, -0.2) is 4.39 Å². The maximum atomic E-state index is 13.7. The van der Waals surface area contributed by atoms with Crippen LogP contribution in [0.5, 0.6) is 5.75 Å². The van der Waals surface area contributed by atoms with Gasteiger partial charge in [-0.15, -0.1) is 0 Å². The van der Waals surface area contributed by atoms with Crippen molar-refractivity contribution in [2.75, 3.05) is 13.7 Å². The van der Waals surface area contributed by atoms with Crippen LogP contribution in [0.25, 0.3) is 0 Å². The highest BCUT2D eigenvalue weighted by molar-refractivity contribution is 5.90. The number of rotatable bonds is 11. The molecule has 0 heterocycles. The maximum Gasteiger partial charge on any atom is 0.305 e. The molecule has 8 heteroatoms. The first-order chi connectivity index (χ1) is 15.3. The van der Waals surface area contributed by atoms with Crippen molar-refractivity contribution in [1.82, 2.24) is 0 Å². The van der Waals surface area contributed by atoms with Gasteiger partial charge < -0.3 is 24.9 Å². The summed E-state index contributed by atoms with van der Waals surface area (Å²) in [5.41, 5.74) is -0.964. The summed E-state index contributed by atoms with van der Waals surface area (Å²) in [6.45, 7) is 1.36. The van der Waals surface area contributed by atoms with Crippen molar-refractivity contribution in [3.63, 3.8) is 0 Å². The van der Waals surface area contributed by atoms with E-state index in [2.05, 4.69) is 9.89 Å². The second-order valence-electron chi connectivity index (χ2n) is 8.16. The quantitative estimate of drug-likeness (QED) is 0.157. The highest BCUT2D eigenvalue weighted by Crippen LogP contribution is 2.34. The summed E-state index contributed by atoms with van der Waals surface area (Å²) < 4.78 is 23.7. The lowest BCUT2D eigenvalue weighted by atomic mass is 9.89. The fraction of sp³-hybridized carbons (Fsp3) is 0.500. The number of nitrogens with zero attached hydrogens (tertiary/aromatic N) is 1. The van der Waals surface area contributed by atoms with Gasteiger partial charge in [-0.05, 0) is 38.3 Å². The molecule has 0 bridgehead atoms. The van der Waals surface area contributed by atoms with Crippen molar-refractivity contribution in [3.8, 4) is 5.75 Å². The van der Waals surface area contributed by atoms with Crippen molar-refractivity contribution in [2.45, 2.75) is 50.7 Å². The lowest BCUT2D eigenvalue weighted by Gasteiger charge is -2.22. The molecule has 1 aromatic carbocycles. The number of esters is 1. The minimum Gasteiger partial charge on any atom is -0.487 e. The van der Waals surface area contributed by atoms with Gasteiger partial charge in [0.1, 0.15) is 12.2 Å². The van der Waals surface area contributed by atoms with Crippen LogP contribution in [0.1, 0.15) is 39.0 Å². The van der Waals surface area contributed by atoms with E-state index in [9.17, 15) is 24.6 Å². The molecule has 1 aliphatic carbocycles. The number of unbranched alkanes of at least 4 members (excludes halogenated alkanes) is 1. The van der Waals surface area contributed by atoms with Gasteiger partial charge in [0.05, 0.1) is 18.9 Å². The van der Waals surface area contributed by atoms with Crippen LogP contribution in [-0.2, 0) is 9.53 Å². The molecule has 32 heavy (non-hydrogen) atoms. The second-order valence-corrected chi connectivity index (χ2v) is 8.16. The monoisotopic (exact) mass is 449 g/mol. The number of carbonyl (C=O) groups is 1. The number of halogens is 1. The molecule has 1 unspecified atom stereocenters. The van der Waals surface area contributed by atoms with E-state index in [1.807, 2.05) is 12.2 Å². The van der Waals surface area contributed by atoms with Gasteiger partial charge in [-0.2, -0.15) is 0 Å². The lowest BCUT2D eigenvalue weighted by molar-refractivity contribution is -0.140. The standard InChI is InChI=1S/C24H32FNO6/c1-24(29,16-32-22-11-8-7-10-19(22)25)14-13-17-18(21(27)15-20(17)26-30)9-5-3-4-6-12-23(28)31-2/h3,5,7-8,10-11,13-14,17-18,21,27,29-30H,4,6,9,12,15-16H2,1-2H3/b5-3-,14-13+,26-20-/t17-,18-,21+,24?/m1/s1. The first kappa shape index (κ1) is 25.5. The zero-order chi connectivity index (χ0) is 23.6. The van der Waals surface area contributed by atoms with Gasteiger partial charge in [0.15, 0.2) is 11.6 Å². The lowest BCUT2D eigenvalue weighted by Crippen LogP contribution is -2.30. The molecule has 0 aromatic heterocycles. The van der Waals surface area contributed by atoms with Crippen LogP contribution < -0.4 is 4.74 Å². The molecule has 176 valence electrons. The predicted molar refractivity (Wildman–Crippen MR) is 118 cm³/mol. The SMILES string of the molecule is COC(=O)CCC/C=C\C[C@H]1[C@@H](O)C/C(=N/O)[C@@H]1/C=C/C(C)(O)COc1ccccc1F. The maximum absolute atomic E-state index is 13.7. The Balaban J connectivity index is 1.96. The van der Waals surface area contributed by atoms with E-state index < -0.39 is 17.5 Å². The molecular formula is C24H32FNO6.